The number of rotatable bonds is 3. The summed E-state index contributed by atoms with van der Waals surface area (Å²) in [6, 6.07) is 0.112. The first-order chi connectivity index (χ1) is 8.00. The van der Waals surface area contributed by atoms with Gasteiger partial charge in [-0.3, -0.25) is 4.68 Å². The highest BCUT2D eigenvalue weighted by Gasteiger charge is 2.54. The number of nitrogens with zero attached hydrogens (tertiary/aromatic N) is 2. The second kappa shape index (κ2) is 3.54. The van der Waals surface area contributed by atoms with E-state index in [2.05, 4.69) is 15.1 Å². The Labute approximate surface area is 100 Å². The fraction of sp³-hybridized carbons (Fsp3) is 0.700. The van der Waals surface area contributed by atoms with Gasteiger partial charge in [0.1, 0.15) is 4.90 Å². The molecule has 94 valence electrons. The zero-order chi connectivity index (χ0) is 12.2. The molecule has 2 atom stereocenters. The van der Waals surface area contributed by atoms with E-state index < -0.39 is 10.0 Å². The lowest BCUT2D eigenvalue weighted by Gasteiger charge is -2.08. The van der Waals surface area contributed by atoms with Crippen LogP contribution in [0.1, 0.15) is 5.69 Å². The Morgan fingerprint density at radius 1 is 1.47 bits per heavy atom. The lowest BCUT2D eigenvalue weighted by atomic mass is 10.4. The number of fused-ring (bicyclic) bond motifs is 1. The number of aryl methyl sites for hydroxylation is 1. The highest BCUT2D eigenvalue weighted by molar-refractivity contribution is 7.89. The van der Waals surface area contributed by atoms with Crippen LogP contribution in [-0.2, 0) is 17.1 Å². The zero-order valence-corrected chi connectivity index (χ0v) is 10.7. The van der Waals surface area contributed by atoms with Crippen LogP contribution in [0.25, 0.3) is 0 Å². The predicted molar refractivity (Wildman–Crippen MR) is 61.9 cm³/mol. The van der Waals surface area contributed by atoms with Gasteiger partial charge in [-0.15, -0.1) is 0 Å². The number of aromatic nitrogens is 2. The van der Waals surface area contributed by atoms with Gasteiger partial charge in [-0.05, 0) is 31.8 Å². The third kappa shape index (κ3) is 1.69. The van der Waals surface area contributed by atoms with Crippen LogP contribution in [0.2, 0.25) is 0 Å². The van der Waals surface area contributed by atoms with Crippen molar-refractivity contribution in [1.29, 1.82) is 0 Å². The standard InChI is InChI=1S/C10H16N4O2S/c1-6-9(5-12-14(6)2)17(15,16)13-10-7-3-11-4-8(7)10/h5,7-8,10-11,13H,3-4H2,1-2H3. The van der Waals surface area contributed by atoms with E-state index in [9.17, 15) is 8.42 Å². The minimum absolute atomic E-state index is 0.112. The van der Waals surface area contributed by atoms with Crippen molar-refractivity contribution >= 4 is 10.0 Å². The Bertz CT molecular complexity index is 541. The van der Waals surface area contributed by atoms with E-state index in [-0.39, 0.29) is 10.9 Å². The first-order valence-corrected chi connectivity index (χ1v) is 7.20. The number of nitrogens with one attached hydrogen (secondary N) is 2. The maximum atomic E-state index is 12.2. The third-order valence-corrected chi connectivity index (χ3v) is 5.42. The van der Waals surface area contributed by atoms with Crippen LogP contribution < -0.4 is 10.0 Å². The molecular weight excluding hydrogens is 240 g/mol. The molecule has 1 aliphatic heterocycles. The minimum atomic E-state index is -3.41. The molecule has 0 aromatic carbocycles. The van der Waals surface area contributed by atoms with Gasteiger partial charge in [0.15, 0.2) is 0 Å². The molecule has 2 aliphatic rings. The van der Waals surface area contributed by atoms with Gasteiger partial charge >= 0.3 is 0 Å². The predicted octanol–water partition coefficient (Wildman–Crippen LogP) is -0.775. The van der Waals surface area contributed by atoms with Crippen LogP contribution in [0.15, 0.2) is 11.1 Å². The molecule has 1 aromatic heterocycles. The van der Waals surface area contributed by atoms with Crippen LogP contribution in [-0.4, -0.2) is 37.3 Å². The molecule has 1 saturated carbocycles. The molecule has 1 aliphatic carbocycles. The summed E-state index contributed by atoms with van der Waals surface area (Å²) in [7, 11) is -1.67. The average molecular weight is 256 g/mol. The van der Waals surface area contributed by atoms with Gasteiger partial charge in [-0.2, -0.15) is 5.10 Å². The second-order valence-electron chi connectivity index (χ2n) is 4.85. The van der Waals surface area contributed by atoms with Crippen molar-refractivity contribution in [2.75, 3.05) is 13.1 Å². The lowest BCUT2D eigenvalue weighted by molar-refractivity contribution is 0.564. The van der Waals surface area contributed by atoms with Crippen molar-refractivity contribution in [2.24, 2.45) is 18.9 Å². The van der Waals surface area contributed by atoms with Crippen molar-refractivity contribution in [3.05, 3.63) is 11.9 Å². The molecule has 1 aromatic rings. The van der Waals surface area contributed by atoms with Gasteiger partial charge in [0.05, 0.1) is 11.9 Å². The van der Waals surface area contributed by atoms with Crippen LogP contribution in [0, 0.1) is 18.8 Å². The van der Waals surface area contributed by atoms with Gasteiger partial charge in [0.2, 0.25) is 10.0 Å². The molecule has 2 unspecified atom stereocenters. The smallest absolute Gasteiger partial charge is 0.244 e. The number of piperidine rings is 1. The van der Waals surface area contributed by atoms with E-state index in [1.54, 1.807) is 18.7 Å². The summed E-state index contributed by atoms with van der Waals surface area (Å²) in [5, 5.41) is 7.21. The van der Waals surface area contributed by atoms with Gasteiger partial charge in [0, 0.05) is 13.1 Å². The van der Waals surface area contributed by atoms with Gasteiger partial charge in [-0.25, -0.2) is 13.1 Å². The first kappa shape index (κ1) is 11.2. The molecule has 3 rings (SSSR count). The van der Waals surface area contributed by atoms with E-state index >= 15 is 0 Å². The molecular formula is C10H16N4O2S. The molecule has 0 amide bonds. The summed E-state index contributed by atoms with van der Waals surface area (Å²) in [5.74, 6) is 0.948. The molecule has 0 radical (unpaired) electrons. The van der Waals surface area contributed by atoms with Crippen molar-refractivity contribution in [1.82, 2.24) is 19.8 Å². The quantitative estimate of drug-likeness (QED) is 0.744. The van der Waals surface area contributed by atoms with E-state index in [0.29, 0.717) is 17.5 Å². The van der Waals surface area contributed by atoms with Crippen LogP contribution in [0.3, 0.4) is 0 Å². The van der Waals surface area contributed by atoms with Crippen LogP contribution in [0.5, 0.6) is 0 Å². The number of hydrogen-bond donors (Lipinski definition) is 2. The van der Waals surface area contributed by atoms with Crippen LogP contribution in [0.4, 0.5) is 0 Å². The Hall–Kier alpha value is -0.920. The Morgan fingerprint density at radius 2 is 2.12 bits per heavy atom. The Balaban J connectivity index is 1.80. The van der Waals surface area contributed by atoms with Gasteiger partial charge < -0.3 is 5.32 Å². The van der Waals surface area contributed by atoms with E-state index in [4.69, 9.17) is 0 Å². The van der Waals surface area contributed by atoms with Crippen molar-refractivity contribution in [3.63, 3.8) is 0 Å². The summed E-state index contributed by atoms with van der Waals surface area (Å²) < 4.78 is 28.7. The summed E-state index contributed by atoms with van der Waals surface area (Å²) in [5.41, 5.74) is 0.668. The number of hydrogen-bond acceptors (Lipinski definition) is 4. The Morgan fingerprint density at radius 3 is 2.65 bits per heavy atom. The summed E-state index contributed by atoms with van der Waals surface area (Å²) in [4.78, 5) is 0.290. The van der Waals surface area contributed by atoms with Crippen LogP contribution >= 0.6 is 0 Å². The van der Waals surface area contributed by atoms with E-state index in [0.717, 1.165) is 13.1 Å². The molecule has 1 saturated heterocycles. The Kier molecular flexibility index (Phi) is 2.33. The molecule has 7 heteroatoms. The maximum Gasteiger partial charge on any atom is 0.244 e. The fourth-order valence-corrected chi connectivity index (χ4v) is 4.12. The van der Waals surface area contributed by atoms with Crippen molar-refractivity contribution in [3.8, 4) is 0 Å². The molecule has 2 fully saturated rings. The summed E-state index contributed by atoms with van der Waals surface area (Å²) in [6.07, 6.45) is 1.41. The fourth-order valence-electron chi connectivity index (χ4n) is 2.58. The largest absolute Gasteiger partial charge is 0.316 e. The lowest BCUT2D eigenvalue weighted by Crippen LogP contribution is -2.32. The molecule has 17 heavy (non-hydrogen) atoms. The molecule has 0 bridgehead atoms. The zero-order valence-electron chi connectivity index (χ0n) is 9.84. The first-order valence-electron chi connectivity index (χ1n) is 5.72. The average Bonchev–Trinajstić information content (AvgIpc) is 2.69. The van der Waals surface area contributed by atoms with E-state index in [1.807, 2.05) is 0 Å². The van der Waals surface area contributed by atoms with Gasteiger partial charge in [-0.1, -0.05) is 0 Å². The van der Waals surface area contributed by atoms with Crippen molar-refractivity contribution < 1.29 is 8.42 Å². The molecule has 2 heterocycles. The monoisotopic (exact) mass is 256 g/mol. The van der Waals surface area contributed by atoms with E-state index in [1.165, 1.54) is 6.20 Å². The molecule has 0 spiro atoms. The highest BCUT2D eigenvalue weighted by Crippen LogP contribution is 2.42. The second-order valence-corrected chi connectivity index (χ2v) is 6.53. The molecule has 2 N–H and O–H groups in total. The summed E-state index contributed by atoms with van der Waals surface area (Å²) in [6.45, 7) is 3.60. The minimum Gasteiger partial charge on any atom is -0.316 e. The van der Waals surface area contributed by atoms with Gasteiger partial charge in [0.25, 0.3) is 0 Å². The maximum absolute atomic E-state index is 12.2. The number of sulfonamides is 1. The topological polar surface area (TPSA) is 76.0 Å². The molecule has 6 nitrogen and oxygen atoms in total. The third-order valence-electron chi connectivity index (χ3n) is 3.86. The normalized spacial score (nSPS) is 31.5. The highest BCUT2D eigenvalue weighted by atomic mass is 32.2. The van der Waals surface area contributed by atoms with Crippen molar-refractivity contribution in [2.45, 2.75) is 17.9 Å². The summed E-state index contributed by atoms with van der Waals surface area (Å²) >= 11 is 0. The SMILES string of the molecule is Cc1c(S(=O)(=O)NC2C3CNCC32)cnn1C.